The maximum atomic E-state index is 12.3. The summed E-state index contributed by atoms with van der Waals surface area (Å²) in [4.78, 5) is 27.2. The lowest BCUT2D eigenvalue weighted by atomic mass is 9.98. The first-order valence-corrected chi connectivity index (χ1v) is 9.86. The average molecular weight is 397 g/mol. The van der Waals surface area contributed by atoms with Gasteiger partial charge >= 0.3 is 12.1 Å². The van der Waals surface area contributed by atoms with E-state index < -0.39 is 12.1 Å². The number of amides is 1. The molecule has 154 valence electrons. The molecule has 1 atom stereocenters. The summed E-state index contributed by atoms with van der Waals surface area (Å²) in [6.07, 6.45) is 2.24. The van der Waals surface area contributed by atoms with Gasteiger partial charge in [-0.2, -0.15) is 5.90 Å². The number of nitrogens with one attached hydrogen (secondary N) is 1. The van der Waals surface area contributed by atoms with E-state index in [1.54, 1.807) is 0 Å². The minimum atomic E-state index is -0.652. The Kier molecular flexibility index (Phi) is 7.21. The van der Waals surface area contributed by atoms with Gasteiger partial charge in [0.1, 0.15) is 12.6 Å². The number of nitrogens with two attached hydrogens (primary N) is 2. The number of ether oxygens (including phenoxy) is 1. The van der Waals surface area contributed by atoms with Gasteiger partial charge in [0.05, 0.1) is 0 Å². The lowest BCUT2D eigenvalue weighted by Crippen LogP contribution is -2.33. The van der Waals surface area contributed by atoms with Crippen molar-refractivity contribution in [3.05, 3.63) is 59.7 Å². The summed E-state index contributed by atoms with van der Waals surface area (Å²) in [5, 5.41) is 2.50. The summed E-state index contributed by atoms with van der Waals surface area (Å²) in [6, 6.07) is 15.8. The largest absolute Gasteiger partial charge is 0.464 e. The predicted molar refractivity (Wildman–Crippen MR) is 110 cm³/mol. The fourth-order valence-electron chi connectivity index (χ4n) is 3.73. The molecule has 7 heteroatoms. The van der Waals surface area contributed by atoms with Gasteiger partial charge in [-0.25, -0.2) is 4.79 Å². The van der Waals surface area contributed by atoms with E-state index in [9.17, 15) is 9.59 Å². The number of carbonyl (C=O) groups is 2. The Balaban J connectivity index is 1.45. The van der Waals surface area contributed by atoms with E-state index in [0.717, 1.165) is 19.3 Å². The van der Waals surface area contributed by atoms with Gasteiger partial charge in [-0.05, 0) is 35.1 Å². The van der Waals surface area contributed by atoms with Crippen molar-refractivity contribution in [3.8, 4) is 11.1 Å². The predicted octanol–water partition coefficient (Wildman–Crippen LogP) is 2.83. The highest BCUT2D eigenvalue weighted by molar-refractivity contribution is 5.79. The molecule has 3 rings (SSSR count). The highest BCUT2D eigenvalue weighted by atomic mass is 16.7. The first-order valence-electron chi connectivity index (χ1n) is 9.86. The summed E-state index contributed by atoms with van der Waals surface area (Å²) in [5.74, 6) is 4.39. The van der Waals surface area contributed by atoms with Gasteiger partial charge < -0.3 is 20.6 Å². The molecule has 7 nitrogen and oxygen atoms in total. The van der Waals surface area contributed by atoms with Crippen molar-refractivity contribution in [1.29, 1.82) is 0 Å². The number of esters is 1. The molecule has 2 aromatic carbocycles. The van der Waals surface area contributed by atoms with Crippen LogP contribution in [0.3, 0.4) is 0 Å². The maximum Gasteiger partial charge on any atom is 0.425 e. The minimum absolute atomic E-state index is 0.0342. The SMILES string of the molecule is NOC(=O)NCCCCCC(N)C(=O)OCC1c2ccccc2-c2ccccc21. The third-order valence-corrected chi connectivity index (χ3v) is 5.23. The van der Waals surface area contributed by atoms with Crippen LogP contribution in [0.2, 0.25) is 0 Å². The van der Waals surface area contributed by atoms with Gasteiger partial charge in [-0.1, -0.05) is 61.4 Å². The molecular weight excluding hydrogens is 370 g/mol. The molecule has 5 N–H and O–H groups in total. The Morgan fingerprint density at radius 2 is 1.59 bits per heavy atom. The Bertz CT molecular complexity index is 810. The molecule has 0 aliphatic heterocycles. The maximum absolute atomic E-state index is 12.3. The number of benzene rings is 2. The minimum Gasteiger partial charge on any atom is -0.464 e. The summed E-state index contributed by atoms with van der Waals surface area (Å²) >= 11 is 0. The van der Waals surface area contributed by atoms with Gasteiger partial charge in [0.25, 0.3) is 0 Å². The highest BCUT2D eigenvalue weighted by Crippen LogP contribution is 2.44. The molecule has 29 heavy (non-hydrogen) atoms. The van der Waals surface area contributed by atoms with Crippen molar-refractivity contribution in [2.75, 3.05) is 13.2 Å². The van der Waals surface area contributed by atoms with Crippen LogP contribution < -0.4 is 16.9 Å². The Morgan fingerprint density at radius 3 is 2.21 bits per heavy atom. The van der Waals surface area contributed by atoms with Crippen molar-refractivity contribution in [1.82, 2.24) is 5.32 Å². The molecule has 0 saturated carbocycles. The van der Waals surface area contributed by atoms with E-state index >= 15 is 0 Å². The van der Waals surface area contributed by atoms with Crippen molar-refractivity contribution in [3.63, 3.8) is 0 Å². The molecule has 1 aliphatic carbocycles. The van der Waals surface area contributed by atoms with Crippen molar-refractivity contribution in [2.24, 2.45) is 11.6 Å². The molecule has 1 unspecified atom stereocenters. The van der Waals surface area contributed by atoms with E-state index in [2.05, 4.69) is 34.4 Å². The summed E-state index contributed by atoms with van der Waals surface area (Å²) in [7, 11) is 0. The number of hydrogen-bond acceptors (Lipinski definition) is 6. The van der Waals surface area contributed by atoms with Gasteiger partial charge in [-0.15, -0.1) is 0 Å². The molecule has 0 heterocycles. The van der Waals surface area contributed by atoms with Crippen LogP contribution in [0.5, 0.6) is 0 Å². The second-order valence-electron chi connectivity index (χ2n) is 7.15. The monoisotopic (exact) mass is 397 g/mol. The van der Waals surface area contributed by atoms with Crippen LogP contribution in [0.15, 0.2) is 48.5 Å². The van der Waals surface area contributed by atoms with E-state index in [4.69, 9.17) is 16.4 Å². The second-order valence-corrected chi connectivity index (χ2v) is 7.15. The quantitative estimate of drug-likeness (QED) is 0.340. The summed E-state index contributed by atoms with van der Waals surface area (Å²) in [5.41, 5.74) is 10.7. The summed E-state index contributed by atoms with van der Waals surface area (Å²) < 4.78 is 5.57. The van der Waals surface area contributed by atoms with Gasteiger partial charge in [0.15, 0.2) is 0 Å². The van der Waals surface area contributed by atoms with Crippen molar-refractivity contribution >= 4 is 12.1 Å². The zero-order chi connectivity index (χ0) is 20.6. The van der Waals surface area contributed by atoms with E-state index in [-0.39, 0.29) is 18.5 Å². The van der Waals surface area contributed by atoms with Gasteiger partial charge in [-0.3, -0.25) is 4.79 Å². The van der Waals surface area contributed by atoms with Crippen LogP contribution in [0.4, 0.5) is 4.79 Å². The molecule has 1 amide bonds. The number of carbonyl (C=O) groups excluding carboxylic acids is 2. The Labute approximate surface area is 170 Å². The van der Waals surface area contributed by atoms with E-state index in [0.29, 0.717) is 13.0 Å². The molecule has 0 aromatic heterocycles. The Hall–Kier alpha value is -2.90. The lowest BCUT2D eigenvalue weighted by Gasteiger charge is -2.16. The second kappa shape index (κ2) is 10.0. The van der Waals surface area contributed by atoms with Crippen LogP contribution in [-0.2, 0) is 14.4 Å². The smallest absolute Gasteiger partial charge is 0.425 e. The molecule has 1 aliphatic rings. The van der Waals surface area contributed by atoms with Crippen LogP contribution in [-0.4, -0.2) is 31.3 Å². The van der Waals surface area contributed by atoms with Crippen LogP contribution in [0.25, 0.3) is 11.1 Å². The first-order chi connectivity index (χ1) is 14.1. The Morgan fingerprint density at radius 1 is 0.966 bits per heavy atom. The van der Waals surface area contributed by atoms with Crippen LogP contribution in [0, 0.1) is 0 Å². The molecule has 0 radical (unpaired) electrons. The van der Waals surface area contributed by atoms with Crippen molar-refractivity contribution in [2.45, 2.75) is 37.6 Å². The van der Waals surface area contributed by atoms with E-state index in [1.807, 2.05) is 24.3 Å². The zero-order valence-electron chi connectivity index (χ0n) is 16.3. The lowest BCUT2D eigenvalue weighted by molar-refractivity contribution is -0.145. The molecule has 2 aromatic rings. The van der Waals surface area contributed by atoms with E-state index in [1.165, 1.54) is 22.3 Å². The molecule has 0 saturated heterocycles. The summed E-state index contributed by atoms with van der Waals surface area (Å²) in [6.45, 7) is 0.752. The fraction of sp³-hybridized carbons (Fsp3) is 0.364. The molecule has 0 bridgehead atoms. The zero-order valence-corrected chi connectivity index (χ0v) is 16.3. The molecule has 0 fully saturated rings. The number of fused-ring (bicyclic) bond motifs is 3. The molecular formula is C22H27N3O4. The topological polar surface area (TPSA) is 117 Å². The number of rotatable bonds is 9. The standard InChI is InChI=1S/C22H27N3O4/c23-20(12-2-1-7-13-25-22(27)29-24)21(26)28-14-19-17-10-5-3-8-15(17)16-9-4-6-11-18(16)19/h3-6,8-11,19-20H,1-2,7,12-14,23-24H2,(H,25,27). The van der Waals surface area contributed by atoms with Crippen LogP contribution >= 0.6 is 0 Å². The average Bonchev–Trinajstić information content (AvgIpc) is 3.07. The van der Waals surface area contributed by atoms with Crippen molar-refractivity contribution < 1.29 is 19.2 Å². The third-order valence-electron chi connectivity index (χ3n) is 5.23. The fourth-order valence-corrected chi connectivity index (χ4v) is 3.73. The van der Waals surface area contributed by atoms with Gasteiger partial charge in [0.2, 0.25) is 0 Å². The molecule has 0 spiro atoms. The third kappa shape index (κ3) is 5.13. The first kappa shape index (κ1) is 20.8. The van der Waals surface area contributed by atoms with Gasteiger partial charge in [0, 0.05) is 12.5 Å². The highest BCUT2D eigenvalue weighted by Gasteiger charge is 2.29. The number of unbranched alkanes of at least 4 members (excludes halogenated alkanes) is 2. The normalized spacial score (nSPS) is 13.3. The number of hydrogen-bond donors (Lipinski definition) is 3. The van der Waals surface area contributed by atoms with Crippen LogP contribution in [0.1, 0.15) is 42.7 Å².